The van der Waals surface area contributed by atoms with Gasteiger partial charge in [-0.1, -0.05) is 60.7 Å². The smallest absolute Gasteiger partial charge is 0.271 e. The minimum atomic E-state index is -4.37. The van der Waals surface area contributed by atoms with Gasteiger partial charge in [-0.3, -0.25) is 20.4 Å². The summed E-state index contributed by atoms with van der Waals surface area (Å²) < 4.78 is 43.9. The molecule has 0 bridgehead atoms. The monoisotopic (exact) mass is 494 g/mol. The van der Waals surface area contributed by atoms with Crippen molar-refractivity contribution in [3.8, 4) is 0 Å². The SMILES string of the molecule is Cn1cc(C(=O)NNC(=O)[C@H](Cc2ccccc2)NS(=O)(=O)c2ccccc2F)c2ccccc21. The van der Waals surface area contributed by atoms with E-state index in [0.717, 1.165) is 17.6 Å². The Balaban J connectivity index is 1.54. The first kappa shape index (κ1) is 24.1. The van der Waals surface area contributed by atoms with Crippen molar-refractivity contribution in [2.24, 2.45) is 7.05 Å². The molecule has 1 heterocycles. The molecule has 0 saturated carbocycles. The topological polar surface area (TPSA) is 109 Å². The summed E-state index contributed by atoms with van der Waals surface area (Å²) in [5.41, 5.74) is 6.49. The first-order chi connectivity index (χ1) is 16.8. The number of aryl methyl sites for hydroxylation is 1. The lowest BCUT2D eigenvalue weighted by Gasteiger charge is -2.19. The first-order valence-corrected chi connectivity index (χ1v) is 12.2. The molecule has 0 fully saturated rings. The highest BCUT2D eigenvalue weighted by molar-refractivity contribution is 7.89. The third kappa shape index (κ3) is 5.39. The zero-order chi connectivity index (χ0) is 25.0. The van der Waals surface area contributed by atoms with E-state index in [1.807, 2.05) is 12.1 Å². The van der Waals surface area contributed by atoms with Gasteiger partial charge in [-0.15, -0.1) is 0 Å². The number of halogens is 1. The predicted molar refractivity (Wildman–Crippen MR) is 129 cm³/mol. The number of hydrogen-bond donors (Lipinski definition) is 3. The minimum Gasteiger partial charge on any atom is -0.350 e. The maximum absolute atomic E-state index is 14.2. The fraction of sp³-hybridized carbons (Fsp3) is 0.120. The highest BCUT2D eigenvalue weighted by Crippen LogP contribution is 2.20. The Morgan fingerprint density at radius 3 is 2.31 bits per heavy atom. The number of carbonyl (C=O) groups excluding carboxylic acids is 2. The molecule has 35 heavy (non-hydrogen) atoms. The molecule has 4 aromatic rings. The summed E-state index contributed by atoms with van der Waals surface area (Å²) >= 11 is 0. The Bertz CT molecular complexity index is 1490. The summed E-state index contributed by atoms with van der Waals surface area (Å²) in [7, 11) is -2.58. The van der Waals surface area contributed by atoms with Gasteiger partial charge in [0.25, 0.3) is 11.8 Å². The molecule has 3 N–H and O–H groups in total. The number of carbonyl (C=O) groups is 2. The van der Waals surface area contributed by atoms with Gasteiger partial charge in [-0.25, -0.2) is 12.8 Å². The maximum atomic E-state index is 14.2. The molecule has 8 nitrogen and oxygen atoms in total. The molecular formula is C25H23FN4O4S. The highest BCUT2D eigenvalue weighted by atomic mass is 32.2. The number of benzene rings is 3. The standard InChI is InChI=1S/C25H23FN4O4S/c1-30-16-19(18-11-5-7-13-22(18)30)24(31)27-28-25(32)21(15-17-9-3-2-4-10-17)29-35(33,34)23-14-8-6-12-20(23)26/h2-14,16,21,29H,15H2,1H3,(H,27,31)(H,28,32)/t21-/m0/s1. The van der Waals surface area contributed by atoms with Crippen molar-refractivity contribution < 1.29 is 22.4 Å². The van der Waals surface area contributed by atoms with Crippen LogP contribution in [0.3, 0.4) is 0 Å². The fourth-order valence-electron chi connectivity index (χ4n) is 3.75. The van der Waals surface area contributed by atoms with Crippen molar-refractivity contribution >= 4 is 32.7 Å². The second-order valence-corrected chi connectivity index (χ2v) is 9.59. The number of nitrogens with one attached hydrogen (secondary N) is 3. The summed E-state index contributed by atoms with van der Waals surface area (Å²) in [4.78, 5) is 25.2. The zero-order valence-corrected chi connectivity index (χ0v) is 19.6. The number of aromatic nitrogens is 1. The third-order valence-electron chi connectivity index (χ3n) is 5.46. The number of fused-ring (bicyclic) bond motifs is 1. The molecule has 4 rings (SSSR count). The van der Waals surface area contributed by atoms with E-state index in [1.54, 1.807) is 60.3 Å². The number of nitrogens with zero attached hydrogens (tertiary/aromatic N) is 1. The number of hydrazine groups is 1. The molecule has 0 radical (unpaired) electrons. The Kier molecular flexibility index (Phi) is 6.94. The number of para-hydroxylation sites is 1. The minimum absolute atomic E-state index is 0.0233. The molecule has 180 valence electrons. The van der Waals surface area contributed by atoms with Crippen LogP contribution in [0.1, 0.15) is 15.9 Å². The van der Waals surface area contributed by atoms with Crippen molar-refractivity contribution in [3.05, 3.63) is 102 Å². The predicted octanol–water partition coefficient (Wildman–Crippen LogP) is 2.67. The van der Waals surface area contributed by atoms with E-state index >= 15 is 0 Å². The quantitative estimate of drug-likeness (QED) is 0.343. The second-order valence-electron chi connectivity index (χ2n) is 7.91. The molecule has 0 aliphatic heterocycles. The van der Waals surface area contributed by atoms with E-state index in [9.17, 15) is 22.4 Å². The lowest BCUT2D eigenvalue weighted by Crippen LogP contribution is -2.53. The highest BCUT2D eigenvalue weighted by Gasteiger charge is 2.28. The molecule has 0 saturated heterocycles. The number of rotatable bonds is 7. The van der Waals surface area contributed by atoms with Crippen LogP contribution < -0.4 is 15.6 Å². The summed E-state index contributed by atoms with van der Waals surface area (Å²) in [6, 6.07) is 19.6. The van der Waals surface area contributed by atoms with Crippen molar-refractivity contribution in [2.45, 2.75) is 17.4 Å². The lowest BCUT2D eigenvalue weighted by molar-refractivity contribution is -0.123. The Morgan fingerprint density at radius 1 is 0.914 bits per heavy atom. The van der Waals surface area contributed by atoms with Crippen molar-refractivity contribution in [3.63, 3.8) is 0 Å². The molecule has 0 aliphatic carbocycles. The van der Waals surface area contributed by atoms with Gasteiger partial charge >= 0.3 is 0 Å². The molecular weight excluding hydrogens is 471 g/mol. The summed E-state index contributed by atoms with van der Waals surface area (Å²) in [6.07, 6.45) is 1.61. The van der Waals surface area contributed by atoms with Gasteiger partial charge in [0, 0.05) is 24.1 Å². The van der Waals surface area contributed by atoms with Crippen LogP contribution in [0.4, 0.5) is 4.39 Å². The van der Waals surface area contributed by atoms with Crippen LogP contribution in [-0.4, -0.2) is 30.8 Å². The Morgan fingerprint density at radius 2 is 1.57 bits per heavy atom. The first-order valence-electron chi connectivity index (χ1n) is 10.7. The van der Waals surface area contributed by atoms with Crippen LogP contribution in [0, 0.1) is 5.82 Å². The molecule has 0 spiro atoms. The van der Waals surface area contributed by atoms with E-state index in [0.29, 0.717) is 16.5 Å². The largest absolute Gasteiger partial charge is 0.350 e. The van der Waals surface area contributed by atoms with Crippen molar-refractivity contribution in [1.29, 1.82) is 0 Å². The lowest BCUT2D eigenvalue weighted by atomic mass is 10.1. The van der Waals surface area contributed by atoms with E-state index < -0.39 is 38.6 Å². The molecule has 1 atom stereocenters. The van der Waals surface area contributed by atoms with Gasteiger partial charge in [-0.05, 0) is 30.2 Å². The summed E-state index contributed by atoms with van der Waals surface area (Å²) in [5, 5.41) is 0.697. The third-order valence-corrected chi connectivity index (χ3v) is 6.97. The van der Waals surface area contributed by atoms with Crippen LogP contribution in [0.2, 0.25) is 0 Å². The summed E-state index contributed by atoms with van der Waals surface area (Å²) in [5.74, 6) is -2.31. The van der Waals surface area contributed by atoms with Crippen LogP contribution in [0.5, 0.6) is 0 Å². The average molecular weight is 495 g/mol. The molecule has 0 unspecified atom stereocenters. The summed E-state index contributed by atoms with van der Waals surface area (Å²) in [6.45, 7) is 0. The van der Waals surface area contributed by atoms with E-state index in [1.165, 1.54) is 12.1 Å². The van der Waals surface area contributed by atoms with E-state index in [-0.39, 0.29) is 6.42 Å². The van der Waals surface area contributed by atoms with E-state index in [2.05, 4.69) is 15.6 Å². The van der Waals surface area contributed by atoms with Crippen LogP contribution in [0.15, 0.2) is 90.0 Å². The van der Waals surface area contributed by atoms with Crippen molar-refractivity contribution in [2.75, 3.05) is 0 Å². The number of hydrogen-bond acceptors (Lipinski definition) is 4. The van der Waals surface area contributed by atoms with Gasteiger partial charge in [0.2, 0.25) is 10.0 Å². The molecule has 10 heteroatoms. The number of amides is 2. The van der Waals surface area contributed by atoms with Crippen molar-refractivity contribution in [1.82, 2.24) is 20.1 Å². The fourth-order valence-corrected chi connectivity index (χ4v) is 5.02. The van der Waals surface area contributed by atoms with Crippen LogP contribution in [-0.2, 0) is 28.3 Å². The maximum Gasteiger partial charge on any atom is 0.271 e. The van der Waals surface area contributed by atoms with Gasteiger partial charge in [0.15, 0.2) is 0 Å². The second kappa shape index (κ2) is 10.1. The number of sulfonamides is 1. The van der Waals surface area contributed by atoms with Crippen LogP contribution in [0.25, 0.3) is 10.9 Å². The average Bonchev–Trinajstić information content (AvgIpc) is 3.19. The Labute approximate surface area is 201 Å². The normalized spacial score (nSPS) is 12.3. The molecule has 3 aromatic carbocycles. The van der Waals surface area contributed by atoms with Gasteiger partial charge in [0.1, 0.15) is 16.8 Å². The zero-order valence-electron chi connectivity index (χ0n) is 18.7. The van der Waals surface area contributed by atoms with Gasteiger partial charge in [-0.2, -0.15) is 4.72 Å². The molecule has 1 aromatic heterocycles. The Hall–Kier alpha value is -4.02. The van der Waals surface area contributed by atoms with E-state index in [4.69, 9.17) is 0 Å². The van der Waals surface area contributed by atoms with Crippen LogP contribution >= 0.6 is 0 Å². The molecule has 2 amide bonds. The molecule has 0 aliphatic rings. The van der Waals surface area contributed by atoms with Gasteiger partial charge < -0.3 is 4.57 Å². The van der Waals surface area contributed by atoms with Gasteiger partial charge in [0.05, 0.1) is 5.56 Å².